The minimum absolute atomic E-state index is 0.0968. The summed E-state index contributed by atoms with van der Waals surface area (Å²) in [5, 5.41) is 15.4. The van der Waals surface area contributed by atoms with Crippen LogP contribution in [-0.4, -0.2) is 53.7 Å². The van der Waals surface area contributed by atoms with Crippen LogP contribution in [0.1, 0.15) is 53.3 Å². The molecule has 25 heavy (non-hydrogen) atoms. The van der Waals surface area contributed by atoms with Crippen LogP contribution in [0.25, 0.3) is 5.78 Å². The molecule has 0 unspecified atom stereocenters. The number of likely N-dealkylation sites (tertiary alicyclic amines) is 1. The van der Waals surface area contributed by atoms with Gasteiger partial charge in [-0.3, -0.25) is 14.3 Å². The highest BCUT2D eigenvalue weighted by molar-refractivity contribution is 5.91. The maximum atomic E-state index is 13.0. The highest BCUT2D eigenvalue weighted by atomic mass is 16.2. The SMILES string of the molecule is CCc1cn[nH]c1[C@@H]1CCCN(C(=O)c2nnc3nc(C)ccn23)C1. The normalized spacial score (nSPS) is 18.0. The number of carbonyl (C=O) groups is 1. The largest absolute Gasteiger partial charge is 0.335 e. The fourth-order valence-electron chi connectivity index (χ4n) is 3.51. The quantitative estimate of drug-likeness (QED) is 0.785. The zero-order valence-electron chi connectivity index (χ0n) is 14.4. The Kier molecular flexibility index (Phi) is 3.95. The topological polar surface area (TPSA) is 92.1 Å². The molecule has 1 aliphatic rings. The summed E-state index contributed by atoms with van der Waals surface area (Å²) < 4.78 is 1.66. The van der Waals surface area contributed by atoms with Crippen LogP contribution in [-0.2, 0) is 6.42 Å². The second-order valence-electron chi connectivity index (χ2n) is 6.52. The number of piperidine rings is 1. The Morgan fingerprint density at radius 1 is 1.40 bits per heavy atom. The van der Waals surface area contributed by atoms with Crippen molar-refractivity contribution < 1.29 is 4.79 Å². The highest BCUT2D eigenvalue weighted by Crippen LogP contribution is 2.28. The molecule has 1 N–H and O–H groups in total. The van der Waals surface area contributed by atoms with E-state index in [1.807, 2.05) is 24.1 Å². The van der Waals surface area contributed by atoms with Gasteiger partial charge in [0.2, 0.25) is 5.82 Å². The Morgan fingerprint density at radius 3 is 3.12 bits per heavy atom. The molecule has 1 aliphatic heterocycles. The van der Waals surface area contributed by atoms with E-state index in [9.17, 15) is 4.79 Å². The maximum Gasteiger partial charge on any atom is 0.292 e. The van der Waals surface area contributed by atoms with Crippen molar-refractivity contribution in [3.63, 3.8) is 0 Å². The third-order valence-corrected chi connectivity index (χ3v) is 4.86. The van der Waals surface area contributed by atoms with Crippen molar-refractivity contribution in [1.29, 1.82) is 0 Å². The molecule has 4 rings (SSSR count). The summed E-state index contributed by atoms with van der Waals surface area (Å²) in [6.07, 6.45) is 6.65. The van der Waals surface area contributed by atoms with Crippen LogP contribution >= 0.6 is 0 Å². The Bertz CT molecular complexity index is 913. The number of amides is 1. The first kappa shape index (κ1) is 15.7. The van der Waals surface area contributed by atoms with Crippen LogP contribution in [0.5, 0.6) is 0 Å². The van der Waals surface area contributed by atoms with E-state index in [-0.39, 0.29) is 11.8 Å². The number of fused-ring (bicyclic) bond motifs is 1. The molecule has 0 aromatic carbocycles. The average molecular weight is 339 g/mol. The van der Waals surface area contributed by atoms with Crippen molar-refractivity contribution in [2.45, 2.75) is 39.0 Å². The van der Waals surface area contributed by atoms with Gasteiger partial charge in [-0.25, -0.2) is 4.98 Å². The van der Waals surface area contributed by atoms with Crippen molar-refractivity contribution in [3.05, 3.63) is 41.2 Å². The summed E-state index contributed by atoms with van der Waals surface area (Å²) in [5.41, 5.74) is 3.23. The van der Waals surface area contributed by atoms with Crippen LogP contribution in [0.2, 0.25) is 0 Å². The van der Waals surface area contributed by atoms with Gasteiger partial charge in [0.25, 0.3) is 11.7 Å². The number of carbonyl (C=O) groups excluding carboxylic acids is 1. The molecule has 1 amide bonds. The third kappa shape index (κ3) is 2.77. The van der Waals surface area contributed by atoms with Gasteiger partial charge in [0.1, 0.15) is 0 Å². The van der Waals surface area contributed by atoms with Gasteiger partial charge in [-0.05, 0) is 37.8 Å². The zero-order valence-corrected chi connectivity index (χ0v) is 14.4. The fourth-order valence-corrected chi connectivity index (χ4v) is 3.51. The second kappa shape index (κ2) is 6.27. The van der Waals surface area contributed by atoms with E-state index in [2.05, 4.69) is 32.3 Å². The Hall–Kier alpha value is -2.77. The summed E-state index contributed by atoms with van der Waals surface area (Å²) in [6, 6.07) is 1.85. The van der Waals surface area contributed by atoms with Crippen molar-refractivity contribution in [2.75, 3.05) is 13.1 Å². The zero-order chi connectivity index (χ0) is 17.4. The summed E-state index contributed by atoms with van der Waals surface area (Å²) in [5.74, 6) is 0.970. The molecule has 130 valence electrons. The molecule has 1 fully saturated rings. The van der Waals surface area contributed by atoms with Crippen LogP contribution in [0.3, 0.4) is 0 Å². The van der Waals surface area contributed by atoms with E-state index in [1.54, 1.807) is 10.6 Å². The van der Waals surface area contributed by atoms with Crippen molar-refractivity contribution in [1.82, 2.24) is 34.7 Å². The van der Waals surface area contributed by atoms with Crippen LogP contribution in [0.15, 0.2) is 18.5 Å². The molecule has 4 heterocycles. The molecular weight excluding hydrogens is 318 g/mol. The molecule has 0 aliphatic carbocycles. The minimum Gasteiger partial charge on any atom is -0.335 e. The predicted molar refractivity (Wildman–Crippen MR) is 91.4 cm³/mol. The number of aromatic nitrogens is 6. The predicted octanol–water partition coefficient (Wildman–Crippen LogP) is 1.74. The maximum absolute atomic E-state index is 13.0. The van der Waals surface area contributed by atoms with Gasteiger partial charge >= 0.3 is 0 Å². The van der Waals surface area contributed by atoms with E-state index < -0.39 is 0 Å². The Labute approximate surface area is 145 Å². The third-order valence-electron chi connectivity index (χ3n) is 4.86. The molecule has 8 nitrogen and oxygen atoms in total. The summed E-state index contributed by atoms with van der Waals surface area (Å²) >= 11 is 0. The summed E-state index contributed by atoms with van der Waals surface area (Å²) in [6.45, 7) is 5.42. The van der Waals surface area contributed by atoms with E-state index >= 15 is 0 Å². The number of hydrogen-bond donors (Lipinski definition) is 1. The monoisotopic (exact) mass is 339 g/mol. The number of nitrogens with one attached hydrogen (secondary N) is 1. The second-order valence-corrected chi connectivity index (χ2v) is 6.52. The minimum atomic E-state index is -0.0968. The lowest BCUT2D eigenvalue weighted by molar-refractivity contribution is 0.0691. The molecular formula is C17H21N7O. The molecule has 3 aromatic rings. The molecule has 1 saturated heterocycles. The molecule has 3 aromatic heterocycles. The lowest BCUT2D eigenvalue weighted by Gasteiger charge is -2.32. The number of rotatable bonds is 3. The van der Waals surface area contributed by atoms with Gasteiger partial charge in [-0.1, -0.05) is 6.92 Å². The standard InChI is InChI=1S/C17H21N7O/c1-3-12-9-18-20-14(12)13-5-4-7-23(10-13)16(25)15-21-22-17-19-11(2)6-8-24(15)17/h6,8-9,13H,3-5,7,10H2,1-2H3,(H,18,20)/t13-/m1/s1. The Morgan fingerprint density at radius 2 is 2.28 bits per heavy atom. The lowest BCUT2D eigenvalue weighted by Crippen LogP contribution is -2.40. The van der Waals surface area contributed by atoms with Gasteiger partial charge < -0.3 is 4.90 Å². The van der Waals surface area contributed by atoms with E-state index in [1.165, 1.54) is 5.56 Å². The van der Waals surface area contributed by atoms with Crippen LogP contribution in [0.4, 0.5) is 0 Å². The van der Waals surface area contributed by atoms with E-state index in [0.717, 1.165) is 37.2 Å². The van der Waals surface area contributed by atoms with Gasteiger partial charge in [-0.15, -0.1) is 10.2 Å². The number of aryl methyl sites for hydroxylation is 2. The van der Waals surface area contributed by atoms with Gasteiger partial charge in [0.05, 0.1) is 6.20 Å². The van der Waals surface area contributed by atoms with Crippen molar-refractivity contribution in [3.8, 4) is 0 Å². The van der Waals surface area contributed by atoms with Crippen molar-refractivity contribution in [2.24, 2.45) is 0 Å². The first-order valence-electron chi connectivity index (χ1n) is 8.67. The van der Waals surface area contributed by atoms with Gasteiger partial charge in [0, 0.05) is 36.6 Å². The van der Waals surface area contributed by atoms with Gasteiger partial charge in [-0.2, -0.15) is 5.10 Å². The van der Waals surface area contributed by atoms with Crippen LogP contribution < -0.4 is 0 Å². The molecule has 8 heteroatoms. The fraction of sp³-hybridized carbons (Fsp3) is 0.471. The first-order chi connectivity index (χ1) is 12.2. The smallest absolute Gasteiger partial charge is 0.292 e. The summed E-state index contributed by atoms with van der Waals surface area (Å²) in [4.78, 5) is 19.2. The molecule has 0 bridgehead atoms. The molecule has 1 atom stereocenters. The molecule has 0 saturated carbocycles. The lowest BCUT2D eigenvalue weighted by atomic mass is 9.92. The summed E-state index contributed by atoms with van der Waals surface area (Å²) in [7, 11) is 0. The highest BCUT2D eigenvalue weighted by Gasteiger charge is 2.29. The number of nitrogens with zero attached hydrogens (tertiary/aromatic N) is 6. The average Bonchev–Trinajstić information content (AvgIpc) is 3.27. The van der Waals surface area contributed by atoms with E-state index in [4.69, 9.17) is 0 Å². The van der Waals surface area contributed by atoms with Gasteiger partial charge in [0.15, 0.2) is 0 Å². The van der Waals surface area contributed by atoms with E-state index in [0.29, 0.717) is 18.1 Å². The number of hydrogen-bond acceptors (Lipinski definition) is 5. The number of aromatic amines is 1. The van der Waals surface area contributed by atoms with Crippen LogP contribution in [0, 0.1) is 6.92 Å². The molecule has 0 spiro atoms. The first-order valence-corrected chi connectivity index (χ1v) is 8.67. The number of H-pyrrole nitrogens is 1. The van der Waals surface area contributed by atoms with Crippen molar-refractivity contribution >= 4 is 11.7 Å². The molecule has 0 radical (unpaired) electrons. The Balaban J connectivity index is 1.59.